The van der Waals surface area contributed by atoms with Crippen molar-refractivity contribution in [1.29, 1.82) is 0 Å². The molecule has 0 unspecified atom stereocenters. The molecular formula is C19H23ClN6O3. The molecule has 0 radical (unpaired) electrons. The zero-order valence-corrected chi connectivity index (χ0v) is 17.8. The van der Waals surface area contributed by atoms with Gasteiger partial charge in [-0.1, -0.05) is 12.1 Å². The van der Waals surface area contributed by atoms with E-state index in [1.165, 1.54) is 23.2 Å². The summed E-state index contributed by atoms with van der Waals surface area (Å²) >= 11 is 6.19. The number of carbonyl (C=O) groups is 1. The normalized spacial score (nSPS) is 11.1. The summed E-state index contributed by atoms with van der Waals surface area (Å²) in [5.74, 6) is -0.237. The van der Waals surface area contributed by atoms with Gasteiger partial charge in [0.15, 0.2) is 11.2 Å². The first kappa shape index (κ1) is 20.7. The molecule has 9 nitrogen and oxygen atoms in total. The van der Waals surface area contributed by atoms with E-state index in [-0.39, 0.29) is 28.9 Å². The second-order valence-corrected chi connectivity index (χ2v) is 7.49. The Bertz CT molecular complexity index is 1190. The van der Waals surface area contributed by atoms with Crippen molar-refractivity contribution in [2.24, 2.45) is 14.1 Å². The number of rotatable bonds is 5. The molecule has 3 aromatic rings. The van der Waals surface area contributed by atoms with Crippen LogP contribution < -0.4 is 16.1 Å². The number of aromatic nitrogens is 4. The molecule has 0 spiro atoms. The van der Waals surface area contributed by atoms with Crippen molar-refractivity contribution in [3.8, 4) is 0 Å². The third kappa shape index (κ3) is 3.77. The lowest BCUT2D eigenvalue weighted by Gasteiger charge is -2.19. The van der Waals surface area contributed by atoms with Crippen LogP contribution in [-0.2, 0) is 32.0 Å². The molecular weight excluding hydrogens is 396 g/mol. The average Bonchev–Trinajstić information content (AvgIpc) is 3.01. The Labute approximate surface area is 172 Å². The number of aryl methyl sites for hydroxylation is 1. The molecule has 1 aromatic carbocycles. The fourth-order valence-electron chi connectivity index (χ4n) is 3.08. The van der Waals surface area contributed by atoms with Crippen LogP contribution in [0.2, 0.25) is 5.28 Å². The van der Waals surface area contributed by atoms with Crippen LogP contribution in [0.1, 0.15) is 5.56 Å². The van der Waals surface area contributed by atoms with Gasteiger partial charge in [-0.3, -0.25) is 23.3 Å². The minimum absolute atomic E-state index is 0.0182. The number of carbonyl (C=O) groups excluding carboxylic acids is 1. The minimum Gasteiger partial charge on any atom is -0.378 e. The van der Waals surface area contributed by atoms with E-state index >= 15 is 0 Å². The predicted octanol–water partition coefficient (Wildman–Crippen LogP) is 0.812. The molecule has 0 N–H and O–H groups in total. The number of likely N-dealkylation sites (N-methyl/N-ethyl adjacent to an activating group) is 1. The summed E-state index contributed by atoms with van der Waals surface area (Å²) in [6.07, 6.45) is 0. The summed E-state index contributed by atoms with van der Waals surface area (Å²) < 4.78 is 3.55. The smallest absolute Gasteiger partial charge is 0.332 e. The summed E-state index contributed by atoms with van der Waals surface area (Å²) in [6, 6.07) is 7.89. The molecule has 0 fully saturated rings. The predicted molar refractivity (Wildman–Crippen MR) is 112 cm³/mol. The SMILES string of the molecule is CN(Cc1ccc(N(C)C)cc1)C(=O)Cn1c(Cl)nc2c1c(=O)n(C)c(=O)n2C. The van der Waals surface area contributed by atoms with Gasteiger partial charge in [0, 0.05) is 47.5 Å². The fraction of sp³-hybridized carbons (Fsp3) is 0.368. The molecule has 154 valence electrons. The van der Waals surface area contributed by atoms with E-state index in [1.54, 1.807) is 11.9 Å². The first-order valence-corrected chi connectivity index (χ1v) is 9.31. The first-order valence-electron chi connectivity index (χ1n) is 8.93. The molecule has 0 aliphatic rings. The van der Waals surface area contributed by atoms with Gasteiger partial charge in [0.05, 0.1) is 0 Å². The number of hydrogen-bond donors (Lipinski definition) is 0. The number of imidazole rings is 1. The molecule has 0 aliphatic carbocycles. The van der Waals surface area contributed by atoms with Crippen molar-refractivity contribution in [1.82, 2.24) is 23.6 Å². The number of halogens is 1. The molecule has 0 atom stereocenters. The molecule has 0 aliphatic heterocycles. The number of anilines is 1. The summed E-state index contributed by atoms with van der Waals surface area (Å²) in [5.41, 5.74) is 1.27. The average molecular weight is 419 g/mol. The highest BCUT2D eigenvalue weighted by Crippen LogP contribution is 2.17. The van der Waals surface area contributed by atoms with Crippen molar-refractivity contribution >= 4 is 34.4 Å². The Balaban J connectivity index is 1.87. The summed E-state index contributed by atoms with van der Waals surface area (Å²) in [6.45, 7) is 0.252. The lowest BCUT2D eigenvalue weighted by Crippen LogP contribution is -2.38. The maximum Gasteiger partial charge on any atom is 0.332 e. The van der Waals surface area contributed by atoms with E-state index < -0.39 is 11.2 Å². The number of nitrogens with zero attached hydrogens (tertiary/aromatic N) is 6. The van der Waals surface area contributed by atoms with Crippen LogP contribution in [0, 0.1) is 0 Å². The van der Waals surface area contributed by atoms with Crippen molar-refractivity contribution < 1.29 is 4.79 Å². The van der Waals surface area contributed by atoms with Crippen LogP contribution in [0.25, 0.3) is 11.2 Å². The van der Waals surface area contributed by atoms with E-state index in [2.05, 4.69) is 4.98 Å². The molecule has 2 aromatic heterocycles. The lowest BCUT2D eigenvalue weighted by atomic mass is 10.2. The second kappa shape index (κ2) is 7.75. The van der Waals surface area contributed by atoms with Gasteiger partial charge in [-0.15, -0.1) is 0 Å². The van der Waals surface area contributed by atoms with Crippen LogP contribution in [0.15, 0.2) is 33.9 Å². The van der Waals surface area contributed by atoms with Crippen molar-refractivity contribution in [2.75, 3.05) is 26.0 Å². The number of amides is 1. The van der Waals surface area contributed by atoms with Crippen molar-refractivity contribution in [3.05, 3.63) is 56.0 Å². The van der Waals surface area contributed by atoms with E-state index in [4.69, 9.17) is 11.6 Å². The summed E-state index contributed by atoms with van der Waals surface area (Å²) in [5, 5.41) is -0.0182. The highest BCUT2D eigenvalue weighted by molar-refractivity contribution is 6.29. The van der Waals surface area contributed by atoms with Gasteiger partial charge in [-0.25, -0.2) is 4.79 Å². The van der Waals surface area contributed by atoms with Gasteiger partial charge in [-0.05, 0) is 29.3 Å². The standard InChI is InChI=1S/C19H23ClN6O3/c1-22(2)13-8-6-12(7-9-13)10-23(3)14(27)11-26-15-16(21-18(26)20)24(4)19(29)25(5)17(15)28/h6-9H,10-11H2,1-5H3. The van der Waals surface area contributed by atoms with E-state index in [1.807, 2.05) is 43.3 Å². The molecule has 29 heavy (non-hydrogen) atoms. The van der Waals surface area contributed by atoms with Gasteiger partial charge in [-0.2, -0.15) is 4.98 Å². The second-order valence-electron chi connectivity index (χ2n) is 7.16. The van der Waals surface area contributed by atoms with Crippen LogP contribution in [0.5, 0.6) is 0 Å². The third-order valence-corrected chi connectivity index (χ3v) is 5.18. The topological polar surface area (TPSA) is 85.4 Å². The van der Waals surface area contributed by atoms with E-state index in [0.29, 0.717) is 6.54 Å². The number of hydrogen-bond acceptors (Lipinski definition) is 5. The Kier molecular flexibility index (Phi) is 5.52. The largest absolute Gasteiger partial charge is 0.378 e. The Hall–Kier alpha value is -3.07. The maximum absolute atomic E-state index is 12.8. The fourth-order valence-corrected chi connectivity index (χ4v) is 3.31. The monoisotopic (exact) mass is 418 g/mol. The molecule has 0 saturated heterocycles. The molecule has 10 heteroatoms. The summed E-state index contributed by atoms with van der Waals surface area (Å²) in [7, 11) is 8.49. The molecule has 0 bridgehead atoms. The molecule has 3 rings (SSSR count). The number of benzene rings is 1. The lowest BCUT2D eigenvalue weighted by molar-refractivity contribution is -0.131. The third-order valence-electron chi connectivity index (χ3n) is 4.89. The van der Waals surface area contributed by atoms with E-state index in [0.717, 1.165) is 15.8 Å². The zero-order valence-electron chi connectivity index (χ0n) is 17.0. The van der Waals surface area contributed by atoms with Crippen molar-refractivity contribution in [2.45, 2.75) is 13.1 Å². The Morgan fingerprint density at radius 2 is 1.69 bits per heavy atom. The first-order chi connectivity index (χ1) is 13.6. The van der Waals surface area contributed by atoms with E-state index in [9.17, 15) is 14.4 Å². The molecule has 1 amide bonds. The molecule has 2 heterocycles. The highest BCUT2D eigenvalue weighted by atomic mass is 35.5. The van der Waals surface area contributed by atoms with Gasteiger partial charge >= 0.3 is 5.69 Å². The van der Waals surface area contributed by atoms with Gasteiger partial charge in [0.1, 0.15) is 6.54 Å². The van der Waals surface area contributed by atoms with Crippen LogP contribution in [-0.4, -0.2) is 50.6 Å². The number of fused-ring (bicyclic) bond motifs is 1. The molecule has 0 saturated carbocycles. The Morgan fingerprint density at radius 3 is 2.28 bits per heavy atom. The minimum atomic E-state index is -0.544. The quantitative estimate of drug-likeness (QED) is 0.572. The van der Waals surface area contributed by atoms with Crippen LogP contribution in [0.3, 0.4) is 0 Å². The Morgan fingerprint density at radius 1 is 1.07 bits per heavy atom. The van der Waals surface area contributed by atoms with Gasteiger partial charge in [0.2, 0.25) is 11.2 Å². The summed E-state index contributed by atoms with van der Waals surface area (Å²) in [4.78, 5) is 45.1. The van der Waals surface area contributed by atoms with Gasteiger partial charge < -0.3 is 9.80 Å². The highest BCUT2D eigenvalue weighted by Gasteiger charge is 2.21. The zero-order chi connectivity index (χ0) is 21.5. The van der Waals surface area contributed by atoms with Gasteiger partial charge in [0.25, 0.3) is 5.56 Å². The maximum atomic E-state index is 12.8. The van der Waals surface area contributed by atoms with Crippen LogP contribution >= 0.6 is 11.6 Å². The van der Waals surface area contributed by atoms with Crippen molar-refractivity contribution in [3.63, 3.8) is 0 Å². The van der Waals surface area contributed by atoms with Crippen LogP contribution in [0.4, 0.5) is 5.69 Å².